The summed E-state index contributed by atoms with van der Waals surface area (Å²) in [4.78, 5) is 0. The number of benzene rings is 1. The van der Waals surface area contributed by atoms with Gasteiger partial charge in [-0.3, -0.25) is 0 Å². The summed E-state index contributed by atoms with van der Waals surface area (Å²) in [6.45, 7) is 0. The molecule has 0 aliphatic carbocycles. The van der Waals surface area contributed by atoms with Gasteiger partial charge in [0, 0.05) is 0 Å². The van der Waals surface area contributed by atoms with Crippen LogP contribution in [0.2, 0.25) is 0 Å². The van der Waals surface area contributed by atoms with Crippen molar-refractivity contribution in [3.8, 4) is 0 Å². The first-order valence-electron chi connectivity index (χ1n) is 4.49. The van der Waals surface area contributed by atoms with Crippen molar-refractivity contribution in [2.24, 2.45) is 0 Å². The lowest BCUT2D eigenvalue weighted by Crippen LogP contribution is -1.85. The first-order valence-corrected chi connectivity index (χ1v) is 5.12. The van der Waals surface area contributed by atoms with E-state index < -0.39 is 0 Å². The summed E-state index contributed by atoms with van der Waals surface area (Å²) in [5.41, 5.74) is 1.42. The standard InChI is InChI=1S/C11H15S/c12-10-6-2-5-9-11-7-3-1-4-8-11/h3-4,7-8,12H,2,5-6,9-10H2. The Morgan fingerprint density at radius 3 is 2.50 bits per heavy atom. The minimum absolute atomic E-state index is 1.02. The topological polar surface area (TPSA) is 0 Å². The van der Waals surface area contributed by atoms with E-state index in [0.717, 1.165) is 5.75 Å². The molecule has 0 saturated heterocycles. The molecular formula is C11H15S. The fourth-order valence-corrected chi connectivity index (χ4v) is 1.43. The van der Waals surface area contributed by atoms with Gasteiger partial charge in [0.05, 0.1) is 0 Å². The second-order valence-electron chi connectivity index (χ2n) is 2.94. The third-order valence-corrected chi connectivity index (χ3v) is 2.23. The van der Waals surface area contributed by atoms with Gasteiger partial charge in [-0.25, -0.2) is 0 Å². The fourth-order valence-electron chi connectivity index (χ4n) is 1.21. The number of aryl methyl sites for hydroxylation is 1. The van der Waals surface area contributed by atoms with Crippen LogP contribution in [-0.2, 0) is 6.42 Å². The van der Waals surface area contributed by atoms with Crippen LogP contribution >= 0.6 is 12.6 Å². The van der Waals surface area contributed by atoms with Gasteiger partial charge in [0.1, 0.15) is 0 Å². The predicted molar refractivity (Wildman–Crippen MR) is 56.7 cm³/mol. The summed E-state index contributed by atoms with van der Waals surface area (Å²) in [6, 6.07) is 11.3. The maximum absolute atomic E-state index is 4.18. The number of hydrogen-bond acceptors (Lipinski definition) is 1. The minimum Gasteiger partial charge on any atom is -0.179 e. The van der Waals surface area contributed by atoms with E-state index in [4.69, 9.17) is 0 Å². The highest BCUT2D eigenvalue weighted by atomic mass is 32.1. The second-order valence-corrected chi connectivity index (χ2v) is 3.39. The Morgan fingerprint density at radius 1 is 1.08 bits per heavy atom. The summed E-state index contributed by atoms with van der Waals surface area (Å²) in [7, 11) is 0. The molecule has 0 bridgehead atoms. The highest BCUT2D eigenvalue weighted by Gasteiger charge is 1.90. The molecule has 0 atom stereocenters. The molecular weight excluding hydrogens is 164 g/mol. The van der Waals surface area contributed by atoms with Gasteiger partial charge < -0.3 is 0 Å². The van der Waals surface area contributed by atoms with Gasteiger partial charge >= 0.3 is 0 Å². The summed E-state index contributed by atoms with van der Waals surface area (Å²) >= 11 is 4.18. The highest BCUT2D eigenvalue weighted by Crippen LogP contribution is 2.05. The number of rotatable bonds is 5. The van der Waals surface area contributed by atoms with E-state index in [-0.39, 0.29) is 0 Å². The van der Waals surface area contributed by atoms with Crippen molar-refractivity contribution < 1.29 is 0 Å². The van der Waals surface area contributed by atoms with E-state index in [0.29, 0.717) is 0 Å². The van der Waals surface area contributed by atoms with Crippen molar-refractivity contribution in [1.29, 1.82) is 0 Å². The Balaban J connectivity index is 2.16. The van der Waals surface area contributed by atoms with Crippen LogP contribution in [0.15, 0.2) is 24.3 Å². The molecule has 0 aromatic heterocycles. The lowest BCUT2D eigenvalue weighted by molar-refractivity contribution is 0.723. The second kappa shape index (κ2) is 6.13. The van der Waals surface area contributed by atoms with Gasteiger partial charge in [0.2, 0.25) is 0 Å². The highest BCUT2D eigenvalue weighted by molar-refractivity contribution is 7.80. The van der Waals surface area contributed by atoms with Crippen LogP contribution in [-0.4, -0.2) is 5.75 Å². The van der Waals surface area contributed by atoms with E-state index in [1.165, 1.54) is 31.2 Å². The molecule has 12 heavy (non-hydrogen) atoms. The SMILES string of the molecule is SCCCCCc1cc[c]cc1. The lowest BCUT2D eigenvalue weighted by Gasteiger charge is -1.99. The monoisotopic (exact) mass is 179 g/mol. The molecule has 0 spiro atoms. The van der Waals surface area contributed by atoms with Gasteiger partial charge in [-0.2, -0.15) is 12.6 Å². The molecule has 0 aliphatic rings. The lowest BCUT2D eigenvalue weighted by atomic mass is 10.1. The molecule has 0 saturated carbocycles. The van der Waals surface area contributed by atoms with E-state index >= 15 is 0 Å². The maximum Gasteiger partial charge on any atom is -0.00979 e. The zero-order valence-corrected chi connectivity index (χ0v) is 8.19. The average molecular weight is 179 g/mol. The number of thiol groups is 1. The molecule has 1 rings (SSSR count). The molecule has 1 radical (unpaired) electrons. The van der Waals surface area contributed by atoms with Crippen molar-refractivity contribution in [3.63, 3.8) is 0 Å². The Kier molecular flexibility index (Phi) is 4.93. The molecule has 1 aromatic carbocycles. The van der Waals surface area contributed by atoms with E-state index in [2.05, 4.69) is 30.8 Å². The Morgan fingerprint density at radius 2 is 1.83 bits per heavy atom. The largest absolute Gasteiger partial charge is 0.179 e. The van der Waals surface area contributed by atoms with Gasteiger partial charge in [-0.05, 0) is 36.6 Å². The van der Waals surface area contributed by atoms with Crippen molar-refractivity contribution in [1.82, 2.24) is 0 Å². The van der Waals surface area contributed by atoms with Crippen LogP contribution in [0.3, 0.4) is 0 Å². The van der Waals surface area contributed by atoms with Crippen LogP contribution in [0.1, 0.15) is 24.8 Å². The van der Waals surface area contributed by atoms with Crippen molar-refractivity contribution in [2.75, 3.05) is 5.75 Å². The van der Waals surface area contributed by atoms with Crippen LogP contribution in [0.4, 0.5) is 0 Å². The molecule has 0 amide bonds. The van der Waals surface area contributed by atoms with Gasteiger partial charge in [-0.15, -0.1) is 0 Å². The first kappa shape index (κ1) is 9.66. The van der Waals surface area contributed by atoms with E-state index in [1.807, 2.05) is 12.1 Å². The van der Waals surface area contributed by atoms with Gasteiger partial charge in [-0.1, -0.05) is 30.7 Å². The van der Waals surface area contributed by atoms with Crippen LogP contribution in [0.5, 0.6) is 0 Å². The summed E-state index contributed by atoms with van der Waals surface area (Å²) < 4.78 is 0. The Hall–Kier alpha value is -0.430. The summed E-state index contributed by atoms with van der Waals surface area (Å²) in [5, 5.41) is 0. The van der Waals surface area contributed by atoms with Crippen molar-refractivity contribution in [3.05, 3.63) is 35.9 Å². The van der Waals surface area contributed by atoms with Gasteiger partial charge in [0.25, 0.3) is 0 Å². The predicted octanol–water partition coefficient (Wildman–Crippen LogP) is 3.13. The summed E-state index contributed by atoms with van der Waals surface area (Å²) in [6.07, 6.45) is 5.01. The molecule has 0 unspecified atom stereocenters. The third kappa shape index (κ3) is 3.82. The van der Waals surface area contributed by atoms with E-state index in [9.17, 15) is 0 Å². The fraction of sp³-hybridized carbons (Fsp3) is 0.455. The molecule has 0 aliphatic heterocycles. The Labute approximate surface area is 80.4 Å². The van der Waals surface area contributed by atoms with Crippen molar-refractivity contribution >= 4 is 12.6 Å². The average Bonchev–Trinajstić information content (AvgIpc) is 2.14. The zero-order valence-electron chi connectivity index (χ0n) is 7.29. The quantitative estimate of drug-likeness (QED) is 0.521. The van der Waals surface area contributed by atoms with Crippen molar-refractivity contribution in [2.45, 2.75) is 25.7 Å². The molecule has 0 fully saturated rings. The zero-order chi connectivity index (χ0) is 8.65. The van der Waals surface area contributed by atoms with Crippen LogP contribution in [0.25, 0.3) is 0 Å². The van der Waals surface area contributed by atoms with Crippen LogP contribution in [0, 0.1) is 6.07 Å². The number of hydrogen-bond donors (Lipinski definition) is 1. The molecule has 65 valence electrons. The first-order chi connectivity index (χ1) is 5.93. The Bertz CT molecular complexity index is 193. The molecule has 0 heterocycles. The van der Waals surface area contributed by atoms with E-state index in [1.54, 1.807) is 0 Å². The third-order valence-electron chi connectivity index (χ3n) is 1.91. The molecule has 1 aromatic rings. The summed E-state index contributed by atoms with van der Waals surface area (Å²) in [5.74, 6) is 1.02. The molecule has 0 N–H and O–H groups in total. The smallest absolute Gasteiger partial charge is 0.00979 e. The van der Waals surface area contributed by atoms with Crippen LogP contribution < -0.4 is 0 Å². The van der Waals surface area contributed by atoms with Gasteiger partial charge in [0.15, 0.2) is 0 Å². The molecule has 1 heteroatoms. The molecule has 0 nitrogen and oxygen atoms in total. The number of unbranched alkanes of at least 4 members (excludes halogenated alkanes) is 2. The normalized spacial score (nSPS) is 10.1. The minimum atomic E-state index is 1.02. The maximum atomic E-state index is 4.18.